The predicted molar refractivity (Wildman–Crippen MR) is 130 cm³/mol. The molecule has 0 unspecified atom stereocenters. The van der Waals surface area contributed by atoms with Crippen LogP contribution in [-0.4, -0.2) is 33.1 Å². The molecule has 0 saturated carbocycles. The van der Waals surface area contributed by atoms with E-state index in [1.54, 1.807) is 12.1 Å². The van der Waals surface area contributed by atoms with Crippen molar-refractivity contribution in [3.8, 4) is 5.75 Å². The topological polar surface area (TPSA) is 93.8 Å². The zero-order valence-corrected chi connectivity index (χ0v) is 20.6. The molecule has 0 aliphatic rings. The molecule has 0 saturated heterocycles. The van der Waals surface area contributed by atoms with E-state index in [0.29, 0.717) is 22.3 Å². The summed E-state index contributed by atoms with van der Waals surface area (Å²) in [5.41, 5.74) is 0.807. The summed E-state index contributed by atoms with van der Waals surface area (Å²) in [6.07, 6.45) is 1.10. The van der Waals surface area contributed by atoms with Gasteiger partial charge in [0, 0.05) is 10.4 Å². The molecule has 0 radical (unpaired) electrons. The Kier molecular flexibility index (Phi) is 7.59. The number of ether oxygens (including phenoxy) is 1. The van der Waals surface area contributed by atoms with Gasteiger partial charge in [0.25, 0.3) is 5.56 Å². The second kappa shape index (κ2) is 10.0. The molecular weight excluding hydrogens is 521 g/mol. The van der Waals surface area contributed by atoms with Crippen molar-refractivity contribution < 1.29 is 14.6 Å². The van der Waals surface area contributed by atoms with Crippen LogP contribution in [0.3, 0.4) is 0 Å². The van der Waals surface area contributed by atoms with Crippen molar-refractivity contribution in [1.29, 1.82) is 0 Å². The lowest BCUT2D eigenvalue weighted by atomic mass is 10.1. The average Bonchev–Trinajstić information content (AvgIpc) is 2.75. The lowest BCUT2D eigenvalue weighted by Crippen LogP contribution is -2.24. The summed E-state index contributed by atoms with van der Waals surface area (Å²) in [7, 11) is 0. The highest BCUT2D eigenvalue weighted by Crippen LogP contribution is 2.34. The highest BCUT2D eigenvalue weighted by Gasteiger charge is 2.18. The fourth-order valence-corrected chi connectivity index (χ4v) is 3.85. The van der Waals surface area contributed by atoms with Gasteiger partial charge in [-0.25, -0.2) is 9.78 Å². The van der Waals surface area contributed by atoms with Crippen molar-refractivity contribution in [3.05, 3.63) is 66.6 Å². The Bertz CT molecular complexity index is 1250. The first-order valence-electron chi connectivity index (χ1n) is 9.77. The molecule has 0 amide bonds. The number of nitrogens with zero attached hydrogens (tertiary/aromatic N) is 3. The normalized spacial score (nSPS) is 13.4. The summed E-state index contributed by atoms with van der Waals surface area (Å²) in [5, 5.41) is 14.1. The lowest BCUT2D eigenvalue weighted by molar-refractivity contribution is -0.144. The molecule has 1 aromatic heterocycles. The highest BCUT2D eigenvalue weighted by molar-refractivity contribution is 9.10. The summed E-state index contributed by atoms with van der Waals surface area (Å²) in [4.78, 5) is 28.9. The van der Waals surface area contributed by atoms with Crippen LogP contribution in [0.15, 0.2) is 44.7 Å². The van der Waals surface area contributed by atoms with Crippen molar-refractivity contribution in [2.45, 2.75) is 39.2 Å². The number of hydrogen-bond acceptors (Lipinski definition) is 5. The summed E-state index contributed by atoms with van der Waals surface area (Å²) < 4.78 is 7.36. The molecule has 3 rings (SSSR count). The third-order valence-corrected chi connectivity index (χ3v) is 5.93. The van der Waals surface area contributed by atoms with Gasteiger partial charge >= 0.3 is 5.97 Å². The molecule has 0 bridgehead atoms. The van der Waals surface area contributed by atoms with Crippen molar-refractivity contribution in [2.75, 3.05) is 0 Å². The van der Waals surface area contributed by atoms with Gasteiger partial charge in [-0.3, -0.25) is 4.79 Å². The van der Waals surface area contributed by atoms with Crippen LogP contribution in [0.4, 0.5) is 0 Å². The van der Waals surface area contributed by atoms with Crippen molar-refractivity contribution >= 4 is 62.2 Å². The molecule has 0 aliphatic carbocycles. The maximum atomic E-state index is 13.2. The maximum Gasteiger partial charge on any atom is 0.344 e. The molecule has 2 aromatic carbocycles. The molecule has 0 spiro atoms. The van der Waals surface area contributed by atoms with Gasteiger partial charge in [0.2, 0.25) is 0 Å². The molecule has 0 fully saturated rings. The summed E-state index contributed by atoms with van der Waals surface area (Å²) in [6, 6.07) is 8.39. The molecule has 2 atom stereocenters. The number of halogens is 3. The SMILES string of the molecule is CC[C@H](C)c1nc2ccc(Br)cc2c(=O)n1N=Cc1cc(Cl)c(O[C@H](C)C(=O)O)c(Cl)c1. The van der Waals surface area contributed by atoms with E-state index in [1.807, 2.05) is 19.9 Å². The fourth-order valence-electron chi connectivity index (χ4n) is 2.90. The van der Waals surface area contributed by atoms with Crippen LogP contribution in [0.1, 0.15) is 44.5 Å². The van der Waals surface area contributed by atoms with E-state index in [-0.39, 0.29) is 27.3 Å². The maximum absolute atomic E-state index is 13.2. The smallest absolute Gasteiger partial charge is 0.344 e. The zero-order valence-electron chi connectivity index (χ0n) is 17.5. The lowest BCUT2D eigenvalue weighted by Gasteiger charge is -2.15. The van der Waals surface area contributed by atoms with Gasteiger partial charge < -0.3 is 9.84 Å². The number of carbonyl (C=O) groups is 1. The van der Waals surface area contributed by atoms with Gasteiger partial charge in [-0.15, -0.1) is 0 Å². The van der Waals surface area contributed by atoms with Gasteiger partial charge in [0.15, 0.2) is 11.9 Å². The summed E-state index contributed by atoms with van der Waals surface area (Å²) in [6.45, 7) is 5.35. The molecule has 7 nitrogen and oxygen atoms in total. The number of aromatic nitrogens is 2. The first kappa shape index (κ1) is 24.2. The van der Waals surface area contributed by atoms with Gasteiger partial charge in [-0.05, 0) is 49.2 Å². The molecule has 1 heterocycles. The Balaban J connectivity index is 2.07. The third-order valence-electron chi connectivity index (χ3n) is 4.87. The first-order chi connectivity index (χ1) is 15.1. The van der Waals surface area contributed by atoms with Crippen LogP contribution in [-0.2, 0) is 4.79 Å². The minimum Gasteiger partial charge on any atom is -0.479 e. The van der Waals surface area contributed by atoms with E-state index >= 15 is 0 Å². The number of fused-ring (bicyclic) bond motifs is 1. The summed E-state index contributed by atoms with van der Waals surface area (Å²) >= 11 is 15.9. The second-order valence-electron chi connectivity index (χ2n) is 7.21. The van der Waals surface area contributed by atoms with Crippen LogP contribution >= 0.6 is 39.1 Å². The minimum atomic E-state index is -1.14. The van der Waals surface area contributed by atoms with Gasteiger partial charge in [-0.2, -0.15) is 9.78 Å². The van der Waals surface area contributed by atoms with E-state index in [1.165, 1.54) is 29.9 Å². The van der Waals surface area contributed by atoms with Gasteiger partial charge in [-0.1, -0.05) is 53.0 Å². The monoisotopic (exact) mass is 539 g/mol. The van der Waals surface area contributed by atoms with E-state index in [2.05, 4.69) is 26.0 Å². The fraction of sp³-hybridized carbons (Fsp3) is 0.273. The molecule has 32 heavy (non-hydrogen) atoms. The average molecular weight is 541 g/mol. The van der Waals surface area contributed by atoms with Crippen LogP contribution in [0, 0.1) is 0 Å². The number of aliphatic carboxylic acids is 1. The van der Waals surface area contributed by atoms with Crippen LogP contribution in [0.5, 0.6) is 5.75 Å². The Hall–Kier alpha value is -2.42. The number of rotatable bonds is 7. The van der Waals surface area contributed by atoms with E-state index in [0.717, 1.165) is 10.9 Å². The second-order valence-corrected chi connectivity index (χ2v) is 8.94. The number of benzene rings is 2. The Morgan fingerprint density at radius 3 is 2.53 bits per heavy atom. The standard InChI is InChI=1S/C22H20BrCl2N3O4/c1-4-11(2)20-27-18-6-5-14(23)9-15(18)21(29)28(20)26-10-13-7-16(24)19(17(25)8-13)32-12(3)22(30)31/h5-12H,4H2,1-3H3,(H,30,31)/t11-,12+/m0/s1. The minimum absolute atomic E-state index is 0.00615. The molecule has 1 N–H and O–H groups in total. The predicted octanol–water partition coefficient (Wildman–Crippen LogP) is 5.71. The van der Waals surface area contributed by atoms with Crippen LogP contribution < -0.4 is 10.3 Å². The molecule has 0 aliphatic heterocycles. The largest absolute Gasteiger partial charge is 0.479 e. The van der Waals surface area contributed by atoms with E-state index < -0.39 is 12.1 Å². The van der Waals surface area contributed by atoms with E-state index in [9.17, 15) is 9.59 Å². The number of carboxylic acid groups (broad SMARTS) is 1. The van der Waals surface area contributed by atoms with Gasteiger partial charge in [0.05, 0.1) is 27.2 Å². The zero-order chi connectivity index (χ0) is 23.6. The van der Waals surface area contributed by atoms with Crippen molar-refractivity contribution in [2.24, 2.45) is 5.10 Å². The van der Waals surface area contributed by atoms with Crippen molar-refractivity contribution in [1.82, 2.24) is 9.66 Å². The first-order valence-corrected chi connectivity index (χ1v) is 11.3. The number of hydrogen-bond donors (Lipinski definition) is 1. The summed E-state index contributed by atoms with van der Waals surface area (Å²) in [5.74, 6) is -0.547. The number of carboxylic acids is 1. The van der Waals surface area contributed by atoms with Crippen LogP contribution in [0.2, 0.25) is 10.0 Å². The quantitative estimate of drug-likeness (QED) is 0.387. The highest BCUT2D eigenvalue weighted by atomic mass is 79.9. The molecule has 10 heteroatoms. The van der Waals surface area contributed by atoms with Gasteiger partial charge in [0.1, 0.15) is 5.82 Å². The molecular formula is C22H20BrCl2N3O4. The Morgan fingerprint density at radius 1 is 1.28 bits per heavy atom. The van der Waals surface area contributed by atoms with Crippen LogP contribution in [0.25, 0.3) is 10.9 Å². The Morgan fingerprint density at radius 2 is 1.94 bits per heavy atom. The molecule has 3 aromatic rings. The molecule has 168 valence electrons. The Labute approximate surface area is 202 Å². The van der Waals surface area contributed by atoms with E-state index in [4.69, 9.17) is 33.0 Å². The third kappa shape index (κ3) is 5.14. The van der Waals surface area contributed by atoms with Crippen molar-refractivity contribution in [3.63, 3.8) is 0 Å².